The molecular formula is C10H20N2O3S. The Hall–Kier alpha value is -0.170. The lowest BCUT2D eigenvalue weighted by Gasteiger charge is -2.34. The maximum absolute atomic E-state index is 12.0. The van der Waals surface area contributed by atoms with Crippen LogP contribution in [0.25, 0.3) is 0 Å². The van der Waals surface area contributed by atoms with Gasteiger partial charge in [0.15, 0.2) is 0 Å². The molecule has 2 unspecified atom stereocenters. The van der Waals surface area contributed by atoms with Crippen LogP contribution in [-0.2, 0) is 14.9 Å². The highest BCUT2D eigenvalue weighted by Crippen LogP contribution is 2.28. The Kier molecular flexibility index (Phi) is 3.53. The average Bonchev–Trinajstić information content (AvgIpc) is 2.96. The fraction of sp³-hybridized carbons (Fsp3) is 1.00. The van der Waals surface area contributed by atoms with E-state index in [0.717, 1.165) is 12.8 Å². The summed E-state index contributed by atoms with van der Waals surface area (Å²) < 4.78 is 33.6. The zero-order chi connectivity index (χ0) is 11.8. The van der Waals surface area contributed by atoms with Gasteiger partial charge in [-0.05, 0) is 32.6 Å². The second-order valence-electron chi connectivity index (χ2n) is 4.87. The number of rotatable bonds is 4. The Bertz CT molecular complexity index is 330. The lowest BCUT2D eigenvalue weighted by atomic mass is 10.3. The monoisotopic (exact) mass is 248 g/mol. The highest BCUT2D eigenvalue weighted by atomic mass is 32.2. The summed E-state index contributed by atoms with van der Waals surface area (Å²) in [7, 11) is -3.30. The molecule has 2 rings (SSSR count). The minimum Gasteiger partial charge on any atom is -0.373 e. The van der Waals surface area contributed by atoms with Crippen LogP contribution in [0.1, 0.15) is 26.7 Å². The zero-order valence-corrected chi connectivity index (χ0v) is 10.7. The van der Waals surface area contributed by atoms with E-state index in [4.69, 9.17) is 4.74 Å². The van der Waals surface area contributed by atoms with Crippen molar-refractivity contribution in [1.82, 2.24) is 9.03 Å². The first kappa shape index (κ1) is 12.3. The number of nitrogens with zero attached hydrogens (tertiary/aromatic N) is 1. The van der Waals surface area contributed by atoms with Crippen LogP contribution in [0.15, 0.2) is 0 Å². The van der Waals surface area contributed by atoms with Crippen LogP contribution in [0.3, 0.4) is 0 Å². The molecule has 0 spiro atoms. The van der Waals surface area contributed by atoms with Gasteiger partial charge in [0.1, 0.15) is 0 Å². The van der Waals surface area contributed by atoms with Crippen molar-refractivity contribution in [1.29, 1.82) is 0 Å². The van der Waals surface area contributed by atoms with E-state index >= 15 is 0 Å². The predicted octanol–water partition coefficient (Wildman–Crippen LogP) is 0.340. The molecule has 1 heterocycles. The quantitative estimate of drug-likeness (QED) is 0.780. The lowest BCUT2D eigenvalue weighted by molar-refractivity contribution is -0.0443. The standard InChI is InChI=1S/C10H20N2O3S/c1-8-6-12(7-9(2)15-8)16(13,14)11-5-10-3-4-10/h8-11H,3-7H2,1-2H3. The van der Waals surface area contributed by atoms with E-state index in [9.17, 15) is 8.42 Å². The zero-order valence-electron chi connectivity index (χ0n) is 9.85. The van der Waals surface area contributed by atoms with E-state index in [2.05, 4.69) is 4.72 Å². The van der Waals surface area contributed by atoms with Crippen LogP contribution in [-0.4, -0.2) is 44.6 Å². The van der Waals surface area contributed by atoms with Crippen molar-refractivity contribution in [3.05, 3.63) is 0 Å². The van der Waals surface area contributed by atoms with Gasteiger partial charge < -0.3 is 4.74 Å². The Labute approximate surface area is 97.3 Å². The summed E-state index contributed by atoms with van der Waals surface area (Å²) in [5.74, 6) is 0.561. The van der Waals surface area contributed by atoms with E-state index in [1.807, 2.05) is 13.8 Å². The summed E-state index contributed by atoms with van der Waals surface area (Å²) in [5, 5.41) is 0. The molecule has 1 saturated heterocycles. The molecule has 2 fully saturated rings. The first-order valence-corrected chi connectivity index (χ1v) is 7.31. The Morgan fingerprint density at radius 2 is 1.81 bits per heavy atom. The molecule has 0 aromatic heterocycles. The maximum atomic E-state index is 12.0. The molecule has 16 heavy (non-hydrogen) atoms. The van der Waals surface area contributed by atoms with E-state index in [1.165, 1.54) is 4.31 Å². The largest absolute Gasteiger partial charge is 0.373 e. The molecular weight excluding hydrogens is 228 g/mol. The normalized spacial score (nSPS) is 32.9. The highest BCUT2D eigenvalue weighted by molar-refractivity contribution is 7.87. The number of hydrogen-bond acceptors (Lipinski definition) is 3. The van der Waals surface area contributed by atoms with Crippen LogP contribution < -0.4 is 4.72 Å². The van der Waals surface area contributed by atoms with Gasteiger partial charge in [-0.3, -0.25) is 0 Å². The summed E-state index contributed by atoms with van der Waals surface area (Å²) in [6.07, 6.45) is 2.25. The Morgan fingerprint density at radius 1 is 1.25 bits per heavy atom. The topological polar surface area (TPSA) is 58.6 Å². The van der Waals surface area contributed by atoms with Crippen LogP contribution >= 0.6 is 0 Å². The molecule has 1 aliphatic carbocycles. The molecule has 0 aromatic rings. The summed E-state index contributed by atoms with van der Waals surface area (Å²) in [4.78, 5) is 0. The number of ether oxygens (including phenoxy) is 1. The Balaban J connectivity index is 1.92. The molecule has 0 bridgehead atoms. The molecule has 5 nitrogen and oxygen atoms in total. The van der Waals surface area contributed by atoms with Gasteiger partial charge >= 0.3 is 0 Å². The van der Waals surface area contributed by atoms with Crippen LogP contribution in [0.2, 0.25) is 0 Å². The predicted molar refractivity (Wildman–Crippen MR) is 61.2 cm³/mol. The molecule has 2 atom stereocenters. The maximum Gasteiger partial charge on any atom is 0.279 e. The number of hydrogen-bond donors (Lipinski definition) is 1. The first-order chi connectivity index (χ1) is 7.47. The molecule has 0 radical (unpaired) electrons. The molecule has 1 N–H and O–H groups in total. The van der Waals surface area contributed by atoms with Gasteiger partial charge in [0.05, 0.1) is 12.2 Å². The van der Waals surface area contributed by atoms with Gasteiger partial charge in [-0.15, -0.1) is 0 Å². The van der Waals surface area contributed by atoms with Gasteiger partial charge in [0.2, 0.25) is 0 Å². The van der Waals surface area contributed by atoms with Crippen molar-refractivity contribution in [2.45, 2.75) is 38.9 Å². The smallest absolute Gasteiger partial charge is 0.279 e. The molecule has 0 amide bonds. The SMILES string of the molecule is CC1CN(S(=O)(=O)NCC2CC2)CC(C)O1. The fourth-order valence-electron chi connectivity index (χ4n) is 1.96. The summed E-state index contributed by atoms with van der Waals surface area (Å²) in [6, 6.07) is 0. The van der Waals surface area contributed by atoms with E-state index in [-0.39, 0.29) is 12.2 Å². The third-order valence-corrected chi connectivity index (χ3v) is 4.49. The van der Waals surface area contributed by atoms with Crippen LogP contribution in [0, 0.1) is 5.92 Å². The molecule has 6 heteroatoms. The van der Waals surface area contributed by atoms with Gasteiger partial charge in [0, 0.05) is 19.6 Å². The van der Waals surface area contributed by atoms with Gasteiger partial charge in [-0.1, -0.05) is 0 Å². The summed E-state index contributed by atoms with van der Waals surface area (Å²) in [6.45, 7) is 5.29. The second kappa shape index (κ2) is 4.60. The van der Waals surface area contributed by atoms with Crippen molar-refractivity contribution in [3.8, 4) is 0 Å². The number of morpholine rings is 1. The van der Waals surface area contributed by atoms with Gasteiger partial charge in [0.25, 0.3) is 10.2 Å². The first-order valence-electron chi connectivity index (χ1n) is 5.87. The van der Waals surface area contributed by atoms with Gasteiger partial charge in [-0.2, -0.15) is 12.7 Å². The summed E-state index contributed by atoms with van der Waals surface area (Å²) >= 11 is 0. The Morgan fingerprint density at radius 3 is 2.31 bits per heavy atom. The third kappa shape index (κ3) is 3.16. The molecule has 1 saturated carbocycles. The van der Waals surface area contributed by atoms with Crippen molar-refractivity contribution in [2.24, 2.45) is 5.92 Å². The minimum atomic E-state index is -3.30. The van der Waals surface area contributed by atoms with Crippen LogP contribution in [0.5, 0.6) is 0 Å². The summed E-state index contributed by atoms with van der Waals surface area (Å²) in [5.41, 5.74) is 0. The molecule has 0 aromatic carbocycles. The highest BCUT2D eigenvalue weighted by Gasteiger charge is 2.32. The van der Waals surface area contributed by atoms with Crippen molar-refractivity contribution >= 4 is 10.2 Å². The molecule has 94 valence electrons. The van der Waals surface area contributed by atoms with E-state index in [1.54, 1.807) is 0 Å². The third-order valence-electron chi connectivity index (χ3n) is 2.98. The second-order valence-corrected chi connectivity index (χ2v) is 6.63. The fourth-order valence-corrected chi connectivity index (χ4v) is 3.40. The minimum absolute atomic E-state index is 0.0266. The van der Waals surface area contributed by atoms with Gasteiger partial charge in [-0.25, -0.2) is 4.72 Å². The average molecular weight is 248 g/mol. The molecule has 2 aliphatic rings. The lowest BCUT2D eigenvalue weighted by Crippen LogP contribution is -2.52. The van der Waals surface area contributed by atoms with Crippen molar-refractivity contribution in [2.75, 3.05) is 19.6 Å². The van der Waals surface area contributed by atoms with Crippen molar-refractivity contribution < 1.29 is 13.2 Å². The van der Waals surface area contributed by atoms with E-state index in [0.29, 0.717) is 25.6 Å². The van der Waals surface area contributed by atoms with Crippen molar-refractivity contribution in [3.63, 3.8) is 0 Å². The molecule has 1 aliphatic heterocycles. The van der Waals surface area contributed by atoms with Crippen LogP contribution in [0.4, 0.5) is 0 Å². The number of nitrogens with one attached hydrogen (secondary N) is 1. The van der Waals surface area contributed by atoms with E-state index < -0.39 is 10.2 Å².